The lowest BCUT2D eigenvalue weighted by Crippen LogP contribution is -2.34. The Bertz CT molecular complexity index is 432. The van der Waals surface area contributed by atoms with Gasteiger partial charge in [0.2, 0.25) is 0 Å². The van der Waals surface area contributed by atoms with Gasteiger partial charge in [-0.1, -0.05) is 23.7 Å². The van der Waals surface area contributed by atoms with E-state index in [2.05, 4.69) is 10.3 Å². The third-order valence-electron chi connectivity index (χ3n) is 2.61. The molecule has 18 heavy (non-hydrogen) atoms. The van der Waals surface area contributed by atoms with Gasteiger partial charge in [0.15, 0.2) is 5.96 Å². The van der Waals surface area contributed by atoms with E-state index in [1.807, 2.05) is 25.1 Å². The summed E-state index contributed by atoms with van der Waals surface area (Å²) in [5.41, 5.74) is 5.74. The summed E-state index contributed by atoms with van der Waals surface area (Å²) in [5, 5.41) is 3.74. The van der Waals surface area contributed by atoms with Gasteiger partial charge in [-0.3, -0.25) is 0 Å². The van der Waals surface area contributed by atoms with Crippen LogP contribution in [0.1, 0.15) is 19.8 Å². The van der Waals surface area contributed by atoms with Crippen molar-refractivity contribution in [2.45, 2.75) is 31.9 Å². The molecule has 0 spiro atoms. The van der Waals surface area contributed by atoms with E-state index in [0.717, 1.165) is 0 Å². The summed E-state index contributed by atoms with van der Waals surface area (Å²) in [4.78, 5) is 4.25. The second kappa shape index (κ2) is 5.96. The number of hydrogen-bond donors (Lipinski definition) is 2. The summed E-state index contributed by atoms with van der Waals surface area (Å²) in [6.45, 7) is 2.45. The minimum absolute atomic E-state index is 0.0653. The number of nitrogens with one attached hydrogen (secondary N) is 1. The van der Waals surface area contributed by atoms with Gasteiger partial charge in [0, 0.05) is 6.04 Å². The Hall–Kier alpha value is -1.42. The van der Waals surface area contributed by atoms with Gasteiger partial charge in [0.05, 0.1) is 11.6 Å². The fraction of sp³-hybridized carbons (Fsp3) is 0.462. The minimum atomic E-state index is -0.0653. The van der Waals surface area contributed by atoms with Crippen LogP contribution in [0, 0.1) is 0 Å². The lowest BCUT2D eigenvalue weighted by atomic mass is 10.3. The van der Waals surface area contributed by atoms with Crippen LogP contribution in [0.4, 0.5) is 0 Å². The summed E-state index contributed by atoms with van der Waals surface area (Å²) in [5.74, 6) is 1.17. The van der Waals surface area contributed by atoms with Crippen LogP contribution >= 0.6 is 11.6 Å². The molecule has 1 saturated carbocycles. The van der Waals surface area contributed by atoms with E-state index in [1.54, 1.807) is 6.07 Å². The number of hydrogen-bond acceptors (Lipinski definition) is 2. The van der Waals surface area contributed by atoms with Crippen LogP contribution in [0.15, 0.2) is 29.3 Å². The smallest absolute Gasteiger partial charge is 0.188 e. The molecule has 5 heteroatoms. The highest BCUT2D eigenvalue weighted by Crippen LogP contribution is 2.24. The first-order valence-corrected chi connectivity index (χ1v) is 6.50. The predicted molar refractivity (Wildman–Crippen MR) is 74.2 cm³/mol. The quantitative estimate of drug-likeness (QED) is 0.635. The molecule has 1 aliphatic rings. The molecule has 1 aromatic carbocycles. The lowest BCUT2D eigenvalue weighted by molar-refractivity contribution is 0.230. The lowest BCUT2D eigenvalue weighted by Gasteiger charge is -2.14. The topological polar surface area (TPSA) is 59.6 Å². The van der Waals surface area contributed by atoms with Gasteiger partial charge in [-0.2, -0.15) is 0 Å². The van der Waals surface area contributed by atoms with E-state index in [-0.39, 0.29) is 6.10 Å². The monoisotopic (exact) mass is 267 g/mol. The van der Waals surface area contributed by atoms with Crippen LogP contribution in [0.25, 0.3) is 0 Å². The molecule has 1 aromatic rings. The molecule has 0 amide bonds. The Morgan fingerprint density at radius 2 is 2.28 bits per heavy atom. The highest BCUT2D eigenvalue weighted by Gasteiger charge is 2.21. The number of aliphatic imine (C=N–C) groups is 1. The molecule has 0 aliphatic heterocycles. The average Bonchev–Trinajstić information content (AvgIpc) is 3.13. The van der Waals surface area contributed by atoms with Crippen molar-refractivity contribution in [3.05, 3.63) is 29.3 Å². The van der Waals surface area contributed by atoms with Gasteiger partial charge in [-0.15, -0.1) is 0 Å². The average molecular weight is 268 g/mol. The van der Waals surface area contributed by atoms with E-state index in [0.29, 0.717) is 29.3 Å². The van der Waals surface area contributed by atoms with Crippen molar-refractivity contribution >= 4 is 17.6 Å². The Labute approximate surface area is 112 Å². The van der Waals surface area contributed by atoms with Crippen molar-refractivity contribution in [3.8, 4) is 5.75 Å². The Morgan fingerprint density at radius 3 is 2.94 bits per heavy atom. The van der Waals surface area contributed by atoms with Gasteiger partial charge in [0.1, 0.15) is 11.9 Å². The van der Waals surface area contributed by atoms with Gasteiger partial charge in [0.25, 0.3) is 0 Å². The minimum Gasteiger partial charge on any atom is -0.487 e. The van der Waals surface area contributed by atoms with Crippen LogP contribution in [0.2, 0.25) is 5.02 Å². The van der Waals surface area contributed by atoms with Crippen LogP contribution in [0.3, 0.4) is 0 Å². The molecule has 98 valence electrons. The molecule has 0 radical (unpaired) electrons. The predicted octanol–water partition coefficient (Wildman–Crippen LogP) is 2.17. The Kier molecular flexibility index (Phi) is 4.31. The molecule has 1 unspecified atom stereocenters. The number of nitrogens with two attached hydrogens (primary N) is 1. The van der Waals surface area contributed by atoms with Crippen molar-refractivity contribution < 1.29 is 4.74 Å². The van der Waals surface area contributed by atoms with Crippen molar-refractivity contribution in [1.29, 1.82) is 0 Å². The van der Waals surface area contributed by atoms with E-state index < -0.39 is 0 Å². The van der Waals surface area contributed by atoms with Gasteiger partial charge >= 0.3 is 0 Å². The first-order chi connectivity index (χ1) is 8.65. The van der Waals surface area contributed by atoms with Crippen molar-refractivity contribution in [3.63, 3.8) is 0 Å². The van der Waals surface area contributed by atoms with E-state index in [1.165, 1.54) is 12.8 Å². The molecule has 0 aromatic heterocycles. The second-order valence-corrected chi connectivity index (χ2v) is 4.91. The first-order valence-electron chi connectivity index (χ1n) is 6.13. The third-order valence-corrected chi connectivity index (χ3v) is 2.93. The Balaban J connectivity index is 1.81. The van der Waals surface area contributed by atoms with Crippen molar-refractivity contribution in [2.24, 2.45) is 10.7 Å². The van der Waals surface area contributed by atoms with Gasteiger partial charge < -0.3 is 15.8 Å². The molecule has 0 heterocycles. The molecule has 1 atom stereocenters. The summed E-state index contributed by atoms with van der Waals surface area (Å²) < 4.78 is 5.69. The first kappa shape index (κ1) is 13.0. The molecule has 3 N–H and O–H groups in total. The summed E-state index contributed by atoms with van der Waals surface area (Å²) in [7, 11) is 0. The summed E-state index contributed by atoms with van der Waals surface area (Å²) in [6.07, 6.45) is 2.30. The van der Waals surface area contributed by atoms with E-state index in [9.17, 15) is 0 Å². The number of nitrogens with zero attached hydrogens (tertiary/aromatic N) is 1. The zero-order valence-corrected chi connectivity index (χ0v) is 11.2. The molecule has 1 fully saturated rings. The third kappa shape index (κ3) is 4.11. The molecule has 0 saturated heterocycles. The molecular formula is C13H18ClN3O. The number of guanidine groups is 1. The molecule has 0 bridgehead atoms. The highest BCUT2D eigenvalue weighted by molar-refractivity contribution is 6.32. The number of ether oxygens (including phenoxy) is 1. The Morgan fingerprint density at radius 1 is 1.56 bits per heavy atom. The maximum atomic E-state index is 6.01. The maximum absolute atomic E-state index is 6.01. The van der Waals surface area contributed by atoms with Crippen LogP contribution in [0.5, 0.6) is 5.75 Å². The fourth-order valence-corrected chi connectivity index (χ4v) is 1.68. The van der Waals surface area contributed by atoms with Gasteiger partial charge in [-0.25, -0.2) is 4.99 Å². The standard InChI is InChI=1S/C13H18ClN3O/c1-9(8-16-13(15)17-10-6-7-10)18-12-5-3-2-4-11(12)14/h2-5,9-10H,6-8H2,1H3,(H3,15,16,17). The van der Waals surface area contributed by atoms with Crippen LogP contribution < -0.4 is 15.8 Å². The normalized spacial score (nSPS) is 17.3. The number of halogens is 1. The fourth-order valence-electron chi connectivity index (χ4n) is 1.50. The number of benzene rings is 1. The highest BCUT2D eigenvalue weighted by atomic mass is 35.5. The molecule has 4 nitrogen and oxygen atoms in total. The molecule has 1 aliphatic carbocycles. The van der Waals surface area contributed by atoms with Gasteiger partial charge in [-0.05, 0) is 31.9 Å². The maximum Gasteiger partial charge on any atom is 0.188 e. The van der Waals surface area contributed by atoms with Crippen molar-refractivity contribution in [2.75, 3.05) is 6.54 Å². The summed E-state index contributed by atoms with van der Waals surface area (Å²) in [6, 6.07) is 7.92. The zero-order chi connectivity index (χ0) is 13.0. The van der Waals surface area contributed by atoms with E-state index in [4.69, 9.17) is 22.1 Å². The van der Waals surface area contributed by atoms with Crippen molar-refractivity contribution in [1.82, 2.24) is 5.32 Å². The molecular weight excluding hydrogens is 250 g/mol. The van der Waals surface area contributed by atoms with Crippen LogP contribution in [-0.2, 0) is 0 Å². The zero-order valence-electron chi connectivity index (χ0n) is 10.4. The number of rotatable bonds is 5. The summed E-state index contributed by atoms with van der Waals surface area (Å²) >= 11 is 6.01. The molecule has 2 rings (SSSR count). The SMILES string of the molecule is CC(CN=C(N)NC1CC1)Oc1ccccc1Cl. The van der Waals surface area contributed by atoms with E-state index >= 15 is 0 Å². The van der Waals surface area contributed by atoms with Crippen LogP contribution in [-0.4, -0.2) is 24.7 Å². The largest absolute Gasteiger partial charge is 0.487 e. The number of para-hydroxylation sites is 1. The second-order valence-electron chi connectivity index (χ2n) is 4.50.